The molecule has 0 aromatic heterocycles. The molecule has 140 valence electrons. The van der Waals surface area contributed by atoms with E-state index in [-0.39, 0.29) is 0 Å². The molecule has 1 unspecified atom stereocenters. The molecule has 1 aromatic carbocycles. The highest BCUT2D eigenvalue weighted by Gasteiger charge is 2.22. The van der Waals surface area contributed by atoms with Crippen molar-refractivity contribution in [2.75, 3.05) is 45.3 Å². The third-order valence-electron chi connectivity index (χ3n) is 4.60. The second-order valence-corrected chi connectivity index (χ2v) is 7.76. The van der Waals surface area contributed by atoms with E-state index in [0.717, 1.165) is 49.2 Å². The molecular weight excluding hydrogens is 350 g/mol. The average Bonchev–Trinajstić information content (AvgIpc) is 2.67. The van der Waals surface area contributed by atoms with Gasteiger partial charge in [0, 0.05) is 13.1 Å². The Morgan fingerprint density at radius 1 is 1.20 bits per heavy atom. The molecule has 1 heterocycles. The number of nitrogens with zero attached hydrogens (tertiary/aromatic N) is 1. The fourth-order valence-electron chi connectivity index (χ4n) is 3.18. The summed E-state index contributed by atoms with van der Waals surface area (Å²) in [5.41, 5.74) is 1.32. The highest BCUT2D eigenvalue weighted by Crippen LogP contribution is 2.25. The van der Waals surface area contributed by atoms with Crippen LogP contribution in [0.25, 0.3) is 0 Å². The molecule has 25 heavy (non-hydrogen) atoms. The second-order valence-electron chi connectivity index (χ2n) is 6.37. The zero-order valence-corrected chi connectivity index (χ0v) is 17.1. The van der Waals surface area contributed by atoms with Crippen LogP contribution in [-0.4, -0.2) is 55.3 Å². The summed E-state index contributed by atoms with van der Waals surface area (Å²) in [5.74, 6) is 2.07. The molecule has 1 saturated heterocycles. The standard InChI is InChI=1S/C19H31N3OS2/c1-23-17-9-7-16(8-10-17)18(22-12-4-3-5-13-22)15-21-19(24)20-11-6-14-25-2/h7-10,18H,3-6,11-15H2,1-2H3,(H2,20,21,24). The SMILES string of the molecule is COc1ccc(C(CNC(=S)NCCCSC)N2CCCCC2)cc1. The van der Waals surface area contributed by atoms with E-state index in [1.165, 1.54) is 24.8 Å². The smallest absolute Gasteiger partial charge is 0.166 e. The minimum Gasteiger partial charge on any atom is -0.497 e. The lowest BCUT2D eigenvalue weighted by Crippen LogP contribution is -2.43. The quantitative estimate of drug-likeness (QED) is 0.504. The van der Waals surface area contributed by atoms with E-state index in [9.17, 15) is 0 Å². The van der Waals surface area contributed by atoms with E-state index < -0.39 is 0 Å². The molecule has 0 saturated carbocycles. The van der Waals surface area contributed by atoms with Gasteiger partial charge in [0.15, 0.2) is 5.11 Å². The Kier molecular flexibility index (Phi) is 9.43. The van der Waals surface area contributed by atoms with E-state index >= 15 is 0 Å². The van der Waals surface area contributed by atoms with Crippen LogP contribution in [0.1, 0.15) is 37.3 Å². The lowest BCUT2D eigenvalue weighted by atomic mass is 10.0. The Morgan fingerprint density at radius 2 is 1.92 bits per heavy atom. The normalized spacial score (nSPS) is 16.2. The van der Waals surface area contributed by atoms with E-state index in [0.29, 0.717) is 6.04 Å². The maximum atomic E-state index is 5.45. The lowest BCUT2D eigenvalue weighted by molar-refractivity contribution is 0.164. The van der Waals surface area contributed by atoms with Crippen LogP contribution in [0.15, 0.2) is 24.3 Å². The number of thiocarbonyl (C=S) groups is 1. The molecule has 2 N–H and O–H groups in total. The molecule has 1 fully saturated rings. The Balaban J connectivity index is 1.93. The summed E-state index contributed by atoms with van der Waals surface area (Å²) in [5, 5.41) is 7.50. The van der Waals surface area contributed by atoms with Gasteiger partial charge in [0.05, 0.1) is 13.2 Å². The van der Waals surface area contributed by atoms with Crippen LogP contribution in [0.4, 0.5) is 0 Å². The number of hydrogen-bond donors (Lipinski definition) is 2. The van der Waals surface area contributed by atoms with Gasteiger partial charge in [-0.1, -0.05) is 18.6 Å². The molecular formula is C19H31N3OS2. The number of ether oxygens (including phenoxy) is 1. The van der Waals surface area contributed by atoms with Crippen LogP contribution in [0.5, 0.6) is 5.75 Å². The van der Waals surface area contributed by atoms with Crippen LogP contribution in [0.3, 0.4) is 0 Å². The predicted molar refractivity (Wildman–Crippen MR) is 113 cm³/mol. The van der Waals surface area contributed by atoms with Gasteiger partial charge < -0.3 is 15.4 Å². The summed E-state index contributed by atoms with van der Waals surface area (Å²) in [7, 11) is 1.71. The van der Waals surface area contributed by atoms with Crippen molar-refractivity contribution in [2.45, 2.75) is 31.7 Å². The Bertz CT molecular complexity index is 504. The average molecular weight is 382 g/mol. The van der Waals surface area contributed by atoms with E-state index in [1.807, 2.05) is 23.9 Å². The largest absolute Gasteiger partial charge is 0.497 e. The highest BCUT2D eigenvalue weighted by molar-refractivity contribution is 7.98. The number of rotatable bonds is 9. The first-order chi connectivity index (χ1) is 12.2. The fraction of sp³-hybridized carbons (Fsp3) is 0.632. The summed E-state index contributed by atoms with van der Waals surface area (Å²) in [6, 6.07) is 8.79. The molecule has 2 rings (SSSR count). The molecule has 0 radical (unpaired) electrons. The van der Waals surface area contributed by atoms with Gasteiger partial charge in [-0.25, -0.2) is 0 Å². The molecule has 0 amide bonds. The van der Waals surface area contributed by atoms with Crippen LogP contribution in [0.2, 0.25) is 0 Å². The van der Waals surface area contributed by atoms with Crippen molar-refractivity contribution in [2.24, 2.45) is 0 Å². The van der Waals surface area contributed by atoms with Crippen molar-refractivity contribution < 1.29 is 4.74 Å². The Morgan fingerprint density at radius 3 is 2.56 bits per heavy atom. The maximum Gasteiger partial charge on any atom is 0.166 e. The Labute approximate surface area is 162 Å². The Hall–Kier alpha value is -0.980. The predicted octanol–water partition coefficient (Wildman–Crippen LogP) is 3.44. The first kappa shape index (κ1) is 20.3. The fourth-order valence-corrected chi connectivity index (χ4v) is 3.80. The van der Waals surface area contributed by atoms with Gasteiger partial charge in [-0.15, -0.1) is 0 Å². The minimum absolute atomic E-state index is 0.345. The van der Waals surface area contributed by atoms with E-state index in [2.05, 4.69) is 33.9 Å². The zero-order valence-electron chi connectivity index (χ0n) is 15.4. The van der Waals surface area contributed by atoms with Gasteiger partial charge in [0.2, 0.25) is 0 Å². The van der Waals surface area contributed by atoms with Crippen molar-refractivity contribution in [3.05, 3.63) is 29.8 Å². The molecule has 1 aliphatic rings. The lowest BCUT2D eigenvalue weighted by Gasteiger charge is -2.35. The monoisotopic (exact) mass is 381 g/mol. The third-order valence-corrected chi connectivity index (χ3v) is 5.58. The third kappa shape index (κ3) is 7.04. The number of nitrogens with one attached hydrogen (secondary N) is 2. The highest BCUT2D eigenvalue weighted by atomic mass is 32.2. The molecule has 1 aliphatic heterocycles. The van der Waals surface area contributed by atoms with Gasteiger partial charge in [0.1, 0.15) is 5.75 Å². The minimum atomic E-state index is 0.345. The molecule has 1 aromatic rings. The topological polar surface area (TPSA) is 36.5 Å². The summed E-state index contributed by atoms with van der Waals surface area (Å²) in [6.07, 6.45) is 7.18. The van der Waals surface area contributed by atoms with Gasteiger partial charge in [-0.05, 0) is 74.3 Å². The summed E-state index contributed by atoms with van der Waals surface area (Å²) >= 11 is 7.32. The van der Waals surface area contributed by atoms with Crippen molar-refractivity contribution in [1.82, 2.24) is 15.5 Å². The van der Waals surface area contributed by atoms with E-state index in [4.69, 9.17) is 17.0 Å². The van der Waals surface area contributed by atoms with Crippen molar-refractivity contribution in [3.8, 4) is 5.75 Å². The van der Waals surface area contributed by atoms with Gasteiger partial charge in [-0.2, -0.15) is 11.8 Å². The maximum absolute atomic E-state index is 5.45. The van der Waals surface area contributed by atoms with Crippen LogP contribution >= 0.6 is 24.0 Å². The number of thioether (sulfide) groups is 1. The van der Waals surface area contributed by atoms with Crippen LogP contribution in [-0.2, 0) is 0 Å². The van der Waals surface area contributed by atoms with Crippen LogP contribution < -0.4 is 15.4 Å². The van der Waals surface area contributed by atoms with Crippen LogP contribution in [0, 0.1) is 0 Å². The van der Waals surface area contributed by atoms with E-state index in [1.54, 1.807) is 7.11 Å². The molecule has 6 heteroatoms. The molecule has 0 aliphatic carbocycles. The number of piperidine rings is 1. The molecule has 1 atom stereocenters. The zero-order chi connectivity index (χ0) is 17.9. The second kappa shape index (κ2) is 11.6. The van der Waals surface area contributed by atoms with Gasteiger partial charge in [0.25, 0.3) is 0 Å². The number of hydrogen-bond acceptors (Lipinski definition) is 4. The molecule has 0 bridgehead atoms. The first-order valence-electron chi connectivity index (χ1n) is 9.13. The molecule has 4 nitrogen and oxygen atoms in total. The van der Waals surface area contributed by atoms with Crippen molar-refractivity contribution >= 4 is 29.1 Å². The first-order valence-corrected chi connectivity index (χ1v) is 10.9. The van der Waals surface area contributed by atoms with Gasteiger partial charge in [-0.3, -0.25) is 4.90 Å². The van der Waals surface area contributed by atoms with Gasteiger partial charge >= 0.3 is 0 Å². The number of benzene rings is 1. The van der Waals surface area contributed by atoms with Crippen molar-refractivity contribution in [3.63, 3.8) is 0 Å². The summed E-state index contributed by atoms with van der Waals surface area (Å²) in [4.78, 5) is 2.58. The number of likely N-dealkylation sites (tertiary alicyclic amines) is 1. The summed E-state index contributed by atoms with van der Waals surface area (Å²) < 4.78 is 5.30. The summed E-state index contributed by atoms with van der Waals surface area (Å²) in [6.45, 7) is 4.09. The molecule has 0 spiro atoms. The number of methoxy groups -OCH3 is 1. The van der Waals surface area contributed by atoms with Crippen molar-refractivity contribution in [1.29, 1.82) is 0 Å².